The van der Waals surface area contributed by atoms with E-state index >= 15 is 0 Å². The monoisotopic (exact) mass is 336 g/mol. The molecule has 1 aromatic heterocycles. The third-order valence-electron chi connectivity index (χ3n) is 3.01. The number of amides is 1. The first-order valence-corrected chi connectivity index (χ1v) is 7.11. The number of aromatic nitrogens is 2. The molecule has 2 rings (SSSR count). The summed E-state index contributed by atoms with van der Waals surface area (Å²) < 4.78 is 2.44. The van der Waals surface area contributed by atoms with Gasteiger partial charge in [-0.05, 0) is 37.1 Å². The molecule has 0 bridgehead atoms. The normalized spacial score (nSPS) is 10.6. The summed E-state index contributed by atoms with van der Waals surface area (Å²) in [5, 5.41) is 7.10. The topological polar surface area (TPSA) is 72.9 Å². The fourth-order valence-corrected chi connectivity index (χ4v) is 2.73. The number of rotatable bonds is 3. The van der Waals surface area contributed by atoms with Crippen molar-refractivity contribution in [1.82, 2.24) is 9.78 Å². The molecule has 0 aliphatic carbocycles. The molecule has 1 heterocycles. The highest BCUT2D eigenvalue weighted by Crippen LogP contribution is 2.22. The van der Waals surface area contributed by atoms with Gasteiger partial charge in [0.25, 0.3) is 5.91 Å². The standard InChI is InChI=1S/C14H17BrN4O/c1-4-11-12(16)13(19(3)18-11)14(20)17-10-6-8(2)5-9(15)7-10/h5-7H,4,16H2,1-3H3,(H,17,20). The molecule has 0 radical (unpaired) electrons. The SMILES string of the molecule is CCc1nn(C)c(C(=O)Nc2cc(C)cc(Br)c2)c1N. The van der Waals surface area contributed by atoms with E-state index in [1.54, 1.807) is 7.05 Å². The molecule has 0 unspecified atom stereocenters. The molecule has 1 aromatic carbocycles. The number of benzene rings is 1. The third kappa shape index (κ3) is 2.85. The summed E-state index contributed by atoms with van der Waals surface area (Å²) in [6.45, 7) is 3.92. The van der Waals surface area contributed by atoms with Crippen molar-refractivity contribution in [1.29, 1.82) is 0 Å². The minimum atomic E-state index is -0.255. The van der Waals surface area contributed by atoms with E-state index in [2.05, 4.69) is 26.3 Å². The van der Waals surface area contributed by atoms with E-state index in [1.807, 2.05) is 32.0 Å². The van der Waals surface area contributed by atoms with Crippen LogP contribution >= 0.6 is 15.9 Å². The van der Waals surface area contributed by atoms with Gasteiger partial charge in [0.05, 0.1) is 11.4 Å². The summed E-state index contributed by atoms with van der Waals surface area (Å²) >= 11 is 3.41. The molecule has 0 saturated heterocycles. The Kier molecular flexibility index (Phi) is 4.13. The second-order valence-electron chi connectivity index (χ2n) is 4.66. The predicted molar refractivity (Wildman–Crippen MR) is 83.8 cm³/mol. The van der Waals surface area contributed by atoms with E-state index in [1.165, 1.54) is 4.68 Å². The maximum atomic E-state index is 12.3. The van der Waals surface area contributed by atoms with E-state index in [0.29, 0.717) is 17.8 Å². The molecule has 0 fully saturated rings. The molecule has 1 amide bonds. The minimum absolute atomic E-state index is 0.255. The van der Waals surface area contributed by atoms with Crippen molar-refractivity contribution in [3.63, 3.8) is 0 Å². The fraction of sp³-hybridized carbons (Fsp3) is 0.286. The summed E-state index contributed by atoms with van der Waals surface area (Å²) in [4.78, 5) is 12.3. The van der Waals surface area contributed by atoms with Crippen LogP contribution in [-0.4, -0.2) is 15.7 Å². The highest BCUT2D eigenvalue weighted by Gasteiger charge is 2.19. The Bertz CT molecular complexity index is 643. The molecule has 0 aliphatic rings. The highest BCUT2D eigenvalue weighted by molar-refractivity contribution is 9.10. The van der Waals surface area contributed by atoms with Gasteiger partial charge in [-0.2, -0.15) is 5.10 Å². The van der Waals surface area contributed by atoms with Crippen LogP contribution < -0.4 is 11.1 Å². The quantitative estimate of drug-likeness (QED) is 0.905. The number of nitrogens with one attached hydrogen (secondary N) is 1. The van der Waals surface area contributed by atoms with Gasteiger partial charge in [-0.15, -0.1) is 0 Å². The summed E-state index contributed by atoms with van der Waals surface area (Å²) in [6, 6.07) is 5.72. The average Bonchev–Trinajstić information content (AvgIpc) is 2.62. The molecule has 5 nitrogen and oxygen atoms in total. The van der Waals surface area contributed by atoms with Crippen molar-refractivity contribution in [2.24, 2.45) is 7.05 Å². The van der Waals surface area contributed by atoms with Crippen LogP contribution in [0.25, 0.3) is 0 Å². The number of anilines is 2. The number of nitrogens with zero attached hydrogens (tertiary/aromatic N) is 2. The predicted octanol–water partition coefficient (Wildman–Crippen LogP) is 2.89. The van der Waals surface area contributed by atoms with Crippen LogP contribution in [0.15, 0.2) is 22.7 Å². The van der Waals surface area contributed by atoms with Crippen LogP contribution in [0, 0.1) is 6.92 Å². The number of hydrogen-bond acceptors (Lipinski definition) is 3. The van der Waals surface area contributed by atoms with E-state index in [0.717, 1.165) is 21.4 Å². The molecule has 106 valence electrons. The van der Waals surface area contributed by atoms with Crippen molar-refractivity contribution < 1.29 is 4.79 Å². The van der Waals surface area contributed by atoms with Crippen LogP contribution in [0.4, 0.5) is 11.4 Å². The first kappa shape index (κ1) is 14.6. The van der Waals surface area contributed by atoms with Crippen molar-refractivity contribution in [3.05, 3.63) is 39.6 Å². The van der Waals surface area contributed by atoms with E-state index < -0.39 is 0 Å². The molecule has 0 spiro atoms. The molecule has 6 heteroatoms. The van der Waals surface area contributed by atoms with Crippen LogP contribution in [0.1, 0.15) is 28.7 Å². The van der Waals surface area contributed by atoms with Crippen LogP contribution in [0.5, 0.6) is 0 Å². The number of hydrogen-bond donors (Lipinski definition) is 2. The van der Waals surface area contributed by atoms with Crippen LogP contribution in [0.2, 0.25) is 0 Å². The Morgan fingerprint density at radius 2 is 2.15 bits per heavy atom. The zero-order valence-corrected chi connectivity index (χ0v) is 13.3. The molecular weight excluding hydrogens is 320 g/mol. The second kappa shape index (κ2) is 5.66. The van der Waals surface area contributed by atoms with Gasteiger partial charge >= 0.3 is 0 Å². The molecule has 3 N–H and O–H groups in total. The van der Waals surface area contributed by atoms with Gasteiger partial charge in [0.1, 0.15) is 5.69 Å². The lowest BCUT2D eigenvalue weighted by molar-refractivity contribution is 0.101. The lowest BCUT2D eigenvalue weighted by Gasteiger charge is -2.08. The summed E-state index contributed by atoms with van der Waals surface area (Å²) in [6.07, 6.45) is 0.697. The van der Waals surface area contributed by atoms with Gasteiger partial charge in [-0.1, -0.05) is 22.9 Å². The zero-order valence-electron chi connectivity index (χ0n) is 11.7. The Balaban J connectivity index is 2.30. The maximum Gasteiger partial charge on any atom is 0.276 e. The molecule has 0 aliphatic heterocycles. The summed E-state index contributed by atoms with van der Waals surface area (Å²) in [7, 11) is 1.72. The highest BCUT2D eigenvalue weighted by atomic mass is 79.9. The maximum absolute atomic E-state index is 12.3. The Morgan fingerprint density at radius 3 is 2.70 bits per heavy atom. The largest absolute Gasteiger partial charge is 0.395 e. The Labute approximate surface area is 126 Å². The summed E-state index contributed by atoms with van der Waals surface area (Å²) in [5.41, 5.74) is 9.33. The smallest absolute Gasteiger partial charge is 0.276 e. The number of carbonyl (C=O) groups excluding carboxylic acids is 1. The molecule has 2 aromatic rings. The van der Waals surface area contributed by atoms with Gasteiger partial charge in [0.15, 0.2) is 0 Å². The van der Waals surface area contributed by atoms with Crippen LogP contribution in [0.3, 0.4) is 0 Å². The van der Waals surface area contributed by atoms with E-state index in [9.17, 15) is 4.79 Å². The first-order valence-electron chi connectivity index (χ1n) is 6.32. The molecule has 0 atom stereocenters. The minimum Gasteiger partial charge on any atom is -0.395 e. The summed E-state index contributed by atoms with van der Waals surface area (Å²) in [5.74, 6) is -0.255. The lowest BCUT2D eigenvalue weighted by Crippen LogP contribution is -2.17. The first-order chi connectivity index (χ1) is 9.42. The number of nitrogens with two attached hydrogens (primary N) is 1. The number of halogens is 1. The van der Waals surface area contributed by atoms with Gasteiger partial charge in [0.2, 0.25) is 0 Å². The second-order valence-corrected chi connectivity index (χ2v) is 5.57. The van der Waals surface area contributed by atoms with Gasteiger partial charge < -0.3 is 11.1 Å². The fourth-order valence-electron chi connectivity index (χ4n) is 2.13. The van der Waals surface area contributed by atoms with Crippen molar-refractivity contribution >= 4 is 33.2 Å². The van der Waals surface area contributed by atoms with Gasteiger partial charge in [-0.3, -0.25) is 9.48 Å². The lowest BCUT2D eigenvalue weighted by atomic mass is 10.2. The van der Waals surface area contributed by atoms with Crippen LogP contribution in [-0.2, 0) is 13.5 Å². The van der Waals surface area contributed by atoms with Gasteiger partial charge in [-0.25, -0.2) is 0 Å². The number of aryl methyl sites for hydroxylation is 3. The molecule has 0 saturated carbocycles. The molecule has 20 heavy (non-hydrogen) atoms. The Morgan fingerprint density at radius 1 is 1.45 bits per heavy atom. The molecular formula is C14H17BrN4O. The van der Waals surface area contributed by atoms with Crippen molar-refractivity contribution in [3.8, 4) is 0 Å². The van der Waals surface area contributed by atoms with E-state index in [-0.39, 0.29) is 5.91 Å². The Hall–Kier alpha value is -1.82. The zero-order chi connectivity index (χ0) is 14.9. The number of nitrogen functional groups attached to an aromatic ring is 1. The van der Waals surface area contributed by atoms with E-state index in [4.69, 9.17) is 5.73 Å². The van der Waals surface area contributed by atoms with Crippen molar-refractivity contribution in [2.75, 3.05) is 11.1 Å². The van der Waals surface area contributed by atoms with Gasteiger partial charge in [0, 0.05) is 17.2 Å². The number of carbonyl (C=O) groups is 1. The van der Waals surface area contributed by atoms with Crippen molar-refractivity contribution in [2.45, 2.75) is 20.3 Å². The third-order valence-corrected chi connectivity index (χ3v) is 3.47. The average molecular weight is 337 g/mol.